The maximum Gasteiger partial charge on any atom is 0.324 e. The van der Waals surface area contributed by atoms with Crippen molar-refractivity contribution in [3.05, 3.63) is 5.28 Å². The molecule has 1 saturated carbocycles. The summed E-state index contributed by atoms with van der Waals surface area (Å²) in [4.78, 5) is 11.8. The molecule has 0 aromatic carbocycles. The summed E-state index contributed by atoms with van der Waals surface area (Å²) >= 11 is 5.77. The fraction of sp³-hybridized carbons (Fsp3) is 0.750. The summed E-state index contributed by atoms with van der Waals surface area (Å²) in [6.45, 7) is 4.57. The lowest BCUT2D eigenvalue weighted by atomic mass is 9.76. The number of halogens is 1. The molecule has 0 N–H and O–H groups in total. The topological polar surface area (TPSA) is 57.1 Å². The first-order chi connectivity index (χ1) is 8.48. The molecule has 0 radical (unpaired) electrons. The van der Waals surface area contributed by atoms with Crippen molar-refractivity contribution in [1.82, 2.24) is 15.0 Å². The van der Waals surface area contributed by atoms with E-state index >= 15 is 0 Å². The van der Waals surface area contributed by atoms with Crippen molar-refractivity contribution in [2.45, 2.75) is 45.6 Å². The molecule has 100 valence electrons. The predicted molar refractivity (Wildman–Crippen MR) is 68.1 cm³/mol. The van der Waals surface area contributed by atoms with Crippen LogP contribution in [0, 0.1) is 5.41 Å². The fourth-order valence-corrected chi connectivity index (χ4v) is 2.24. The molecule has 0 atom stereocenters. The summed E-state index contributed by atoms with van der Waals surface area (Å²) < 4.78 is 10.7. The number of hydrogen-bond acceptors (Lipinski definition) is 5. The van der Waals surface area contributed by atoms with Gasteiger partial charge in [0.25, 0.3) is 0 Å². The van der Waals surface area contributed by atoms with E-state index in [2.05, 4.69) is 28.8 Å². The zero-order valence-electron chi connectivity index (χ0n) is 10.9. The molecule has 0 amide bonds. The van der Waals surface area contributed by atoms with Crippen LogP contribution in [0.2, 0.25) is 5.28 Å². The molecule has 0 saturated heterocycles. The molecule has 18 heavy (non-hydrogen) atoms. The van der Waals surface area contributed by atoms with Crippen molar-refractivity contribution in [2.24, 2.45) is 5.41 Å². The Bertz CT molecular complexity index is 416. The first-order valence-corrected chi connectivity index (χ1v) is 6.48. The number of nitrogens with zero attached hydrogens (tertiary/aromatic N) is 3. The van der Waals surface area contributed by atoms with Crippen molar-refractivity contribution >= 4 is 11.6 Å². The van der Waals surface area contributed by atoms with Crippen LogP contribution in [-0.2, 0) is 0 Å². The first-order valence-electron chi connectivity index (χ1n) is 6.11. The van der Waals surface area contributed by atoms with Gasteiger partial charge in [-0.2, -0.15) is 9.97 Å². The van der Waals surface area contributed by atoms with Gasteiger partial charge >= 0.3 is 12.0 Å². The normalized spacial score (nSPS) is 19.6. The first kappa shape index (κ1) is 13.3. The highest BCUT2D eigenvalue weighted by molar-refractivity contribution is 6.28. The molecule has 0 bridgehead atoms. The molecule has 1 aliphatic rings. The Kier molecular flexibility index (Phi) is 3.90. The molecule has 0 spiro atoms. The smallest absolute Gasteiger partial charge is 0.324 e. The van der Waals surface area contributed by atoms with Crippen molar-refractivity contribution in [1.29, 1.82) is 0 Å². The standard InChI is InChI=1S/C12H18ClN3O2/c1-12(2)6-4-8(5-7-12)18-11-15-9(13)14-10(16-11)17-3/h8H,4-7H2,1-3H3. The van der Waals surface area contributed by atoms with Gasteiger partial charge in [0.2, 0.25) is 5.28 Å². The molecule has 0 unspecified atom stereocenters. The number of hydrogen-bond donors (Lipinski definition) is 0. The van der Waals surface area contributed by atoms with Crippen LogP contribution in [-0.4, -0.2) is 28.2 Å². The fourth-order valence-electron chi connectivity index (χ4n) is 2.10. The Morgan fingerprint density at radius 1 is 1.11 bits per heavy atom. The van der Waals surface area contributed by atoms with E-state index in [9.17, 15) is 0 Å². The van der Waals surface area contributed by atoms with E-state index in [4.69, 9.17) is 21.1 Å². The summed E-state index contributed by atoms with van der Waals surface area (Å²) in [6, 6.07) is 0.428. The SMILES string of the molecule is COc1nc(Cl)nc(OC2CCC(C)(C)CC2)n1. The number of methoxy groups -OCH3 is 1. The maximum absolute atomic E-state index is 5.77. The van der Waals surface area contributed by atoms with Crippen LogP contribution in [0.3, 0.4) is 0 Å². The predicted octanol–water partition coefficient (Wildman–Crippen LogP) is 2.88. The van der Waals surface area contributed by atoms with Crippen molar-refractivity contribution in [2.75, 3.05) is 7.11 Å². The van der Waals surface area contributed by atoms with Crippen LogP contribution in [0.15, 0.2) is 0 Å². The second-order valence-electron chi connectivity index (χ2n) is 5.36. The van der Waals surface area contributed by atoms with E-state index in [0.717, 1.165) is 25.7 Å². The summed E-state index contributed by atoms with van der Waals surface area (Å²) in [7, 11) is 1.48. The monoisotopic (exact) mass is 271 g/mol. The van der Waals surface area contributed by atoms with Gasteiger partial charge in [-0.25, -0.2) is 0 Å². The van der Waals surface area contributed by atoms with Gasteiger partial charge in [0.05, 0.1) is 7.11 Å². The second-order valence-corrected chi connectivity index (χ2v) is 5.69. The lowest BCUT2D eigenvalue weighted by molar-refractivity contribution is 0.0896. The Balaban J connectivity index is 2.00. The summed E-state index contributed by atoms with van der Waals surface area (Å²) in [5, 5.41) is 0.0907. The molecule has 1 aliphatic carbocycles. The van der Waals surface area contributed by atoms with Crippen LogP contribution < -0.4 is 9.47 Å². The Labute approximate surface area is 112 Å². The van der Waals surface area contributed by atoms with Crippen LogP contribution in [0.25, 0.3) is 0 Å². The summed E-state index contributed by atoms with van der Waals surface area (Å²) in [6.07, 6.45) is 4.47. The van der Waals surface area contributed by atoms with Gasteiger partial charge in [-0.1, -0.05) is 13.8 Å². The van der Waals surface area contributed by atoms with E-state index in [0.29, 0.717) is 5.41 Å². The quantitative estimate of drug-likeness (QED) is 0.846. The maximum atomic E-state index is 5.77. The average Bonchev–Trinajstić information content (AvgIpc) is 2.31. The van der Waals surface area contributed by atoms with Crippen LogP contribution >= 0.6 is 11.6 Å². The average molecular weight is 272 g/mol. The van der Waals surface area contributed by atoms with Crippen molar-refractivity contribution in [3.63, 3.8) is 0 Å². The third-order valence-electron chi connectivity index (χ3n) is 3.31. The van der Waals surface area contributed by atoms with Gasteiger partial charge in [0, 0.05) is 0 Å². The van der Waals surface area contributed by atoms with Gasteiger partial charge in [-0.3, -0.25) is 0 Å². The molecular formula is C12H18ClN3O2. The van der Waals surface area contributed by atoms with Gasteiger partial charge in [0.15, 0.2) is 0 Å². The number of ether oxygens (including phenoxy) is 2. The third-order valence-corrected chi connectivity index (χ3v) is 3.48. The Morgan fingerprint density at radius 3 is 2.33 bits per heavy atom. The lowest BCUT2D eigenvalue weighted by Crippen LogP contribution is -2.28. The van der Waals surface area contributed by atoms with E-state index in [-0.39, 0.29) is 23.4 Å². The van der Waals surface area contributed by atoms with E-state index in [1.54, 1.807) is 0 Å². The van der Waals surface area contributed by atoms with Gasteiger partial charge in [0.1, 0.15) is 6.10 Å². The van der Waals surface area contributed by atoms with Gasteiger partial charge in [-0.15, -0.1) is 4.98 Å². The number of rotatable bonds is 3. The third kappa shape index (κ3) is 3.45. The van der Waals surface area contributed by atoms with Gasteiger partial charge in [-0.05, 0) is 42.7 Å². The molecule has 1 heterocycles. The van der Waals surface area contributed by atoms with E-state index in [1.165, 1.54) is 7.11 Å². The Morgan fingerprint density at radius 2 is 1.72 bits per heavy atom. The Hall–Kier alpha value is -1.10. The molecule has 1 aromatic rings. The van der Waals surface area contributed by atoms with E-state index in [1.807, 2.05) is 0 Å². The lowest BCUT2D eigenvalue weighted by Gasteiger charge is -2.33. The molecule has 2 rings (SSSR count). The summed E-state index contributed by atoms with van der Waals surface area (Å²) in [5.41, 5.74) is 0.411. The minimum Gasteiger partial charge on any atom is -0.467 e. The molecule has 5 nitrogen and oxygen atoms in total. The highest BCUT2D eigenvalue weighted by atomic mass is 35.5. The van der Waals surface area contributed by atoms with Gasteiger partial charge < -0.3 is 9.47 Å². The minimum absolute atomic E-state index is 0.0907. The molecular weight excluding hydrogens is 254 g/mol. The minimum atomic E-state index is 0.0907. The van der Waals surface area contributed by atoms with Crippen LogP contribution in [0.4, 0.5) is 0 Å². The van der Waals surface area contributed by atoms with Crippen molar-refractivity contribution < 1.29 is 9.47 Å². The molecule has 1 aromatic heterocycles. The highest BCUT2D eigenvalue weighted by Crippen LogP contribution is 2.36. The molecule has 6 heteroatoms. The number of aromatic nitrogens is 3. The van der Waals surface area contributed by atoms with Crippen LogP contribution in [0.5, 0.6) is 12.0 Å². The second kappa shape index (κ2) is 5.26. The summed E-state index contributed by atoms with van der Waals surface area (Å²) in [5.74, 6) is 0. The van der Waals surface area contributed by atoms with E-state index < -0.39 is 0 Å². The molecule has 0 aliphatic heterocycles. The highest BCUT2D eigenvalue weighted by Gasteiger charge is 2.28. The largest absolute Gasteiger partial charge is 0.467 e. The van der Waals surface area contributed by atoms with Crippen LogP contribution in [0.1, 0.15) is 39.5 Å². The zero-order chi connectivity index (χ0) is 13.2. The van der Waals surface area contributed by atoms with Crippen molar-refractivity contribution in [3.8, 4) is 12.0 Å². The zero-order valence-corrected chi connectivity index (χ0v) is 11.7. The molecule has 1 fully saturated rings.